The molecule has 6 heterocycles. The predicted molar refractivity (Wildman–Crippen MR) is 179 cm³/mol. The molecule has 0 radical (unpaired) electrons. The first-order valence-corrected chi connectivity index (χ1v) is 17.1. The summed E-state index contributed by atoms with van der Waals surface area (Å²) in [5.41, 5.74) is 3.84. The molecule has 1 aromatic carbocycles. The van der Waals surface area contributed by atoms with Crippen LogP contribution in [0.1, 0.15) is 96.5 Å². The van der Waals surface area contributed by atoms with E-state index in [1.54, 1.807) is 21.1 Å². The Morgan fingerprint density at radius 1 is 0.851 bits per heavy atom. The highest BCUT2D eigenvalue weighted by atomic mass is 32.1. The summed E-state index contributed by atoms with van der Waals surface area (Å²) >= 11 is 1.71. The zero-order chi connectivity index (χ0) is 33.1. The number of amides is 2. The number of rotatable bonds is 4. The highest BCUT2D eigenvalue weighted by Crippen LogP contribution is 2.46. The van der Waals surface area contributed by atoms with Crippen LogP contribution in [0.2, 0.25) is 0 Å². The maximum atomic E-state index is 12.9. The van der Waals surface area contributed by atoms with Gasteiger partial charge < -0.3 is 24.2 Å². The average Bonchev–Trinajstić information content (AvgIpc) is 3.82. The molecule has 3 aromatic heterocycles. The molecule has 3 aliphatic heterocycles. The van der Waals surface area contributed by atoms with Crippen molar-refractivity contribution in [2.24, 2.45) is 0 Å². The smallest absolute Gasteiger partial charge is 0.410 e. The van der Waals surface area contributed by atoms with Gasteiger partial charge in [0.15, 0.2) is 0 Å². The van der Waals surface area contributed by atoms with Crippen molar-refractivity contribution in [2.45, 2.75) is 97.1 Å². The number of likely N-dealkylation sites (tertiary alicyclic amines) is 2. The summed E-state index contributed by atoms with van der Waals surface area (Å²) in [6.45, 7) is 13.1. The van der Waals surface area contributed by atoms with Gasteiger partial charge in [0.1, 0.15) is 35.2 Å². The Bertz CT molecular complexity index is 1810. The van der Waals surface area contributed by atoms with Crippen LogP contribution < -0.4 is 4.74 Å². The number of benzene rings is 1. The van der Waals surface area contributed by atoms with Crippen LogP contribution in [-0.2, 0) is 16.1 Å². The van der Waals surface area contributed by atoms with Crippen LogP contribution >= 0.6 is 11.3 Å². The molecule has 0 spiro atoms. The Morgan fingerprint density at radius 3 is 2.02 bits per heavy atom. The van der Waals surface area contributed by atoms with E-state index in [4.69, 9.17) is 19.2 Å². The Kier molecular flexibility index (Phi) is 7.81. The number of thiophene rings is 1. The molecule has 2 saturated heterocycles. The molecule has 0 bridgehead atoms. The monoisotopic (exact) mass is 658 g/mol. The number of hydrogen-bond acceptors (Lipinski definition) is 8. The second-order valence-electron chi connectivity index (χ2n) is 14.5. The van der Waals surface area contributed by atoms with Crippen LogP contribution in [-0.4, -0.2) is 66.2 Å². The molecule has 4 aromatic rings. The molecule has 248 valence electrons. The van der Waals surface area contributed by atoms with Crippen molar-refractivity contribution in [1.29, 1.82) is 0 Å². The first-order valence-electron chi connectivity index (χ1n) is 16.3. The normalized spacial score (nSPS) is 19.4. The van der Waals surface area contributed by atoms with Crippen LogP contribution in [0, 0.1) is 0 Å². The fraction of sp³-hybridized carbons (Fsp3) is 0.486. The van der Waals surface area contributed by atoms with Gasteiger partial charge in [-0.2, -0.15) is 0 Å². The number of H-pyrrole nitrogens is 2. The maximum Gasteiger partial charge on any atom is 0.410 e. The van der Waals surface area contributed by atoms with Gasteiger partial charge in [0.2, 0.25) is 0 Å². The SMILES string of the molecule is CC(C)(C)OC(=O)N1CCC[C@H]1c1ncc(-c2ccc3c(c2)OCc2cc(-c4cnc([C@@H]5CCCN5C(=O)OC(C)(C)C)[nH]4)sc2-3)[nH]1. The van der Waals surface area contributed by atoms with Gasteiger partial charge in [-0.1, -0.05) is 6.07 Å². The lowest BCUT2D eigenvalue weighted by atomic mass is 10.0. The van der Waals surface area contributed by atoms with Crippen LogP contribution in [0.4, 0.5) is 9.59 Å². The number of fused-ring (bicyclic) bond motifs is 3. The number of hydrogen-bond donors (Lipinski definition) is 2. The van der Waals surface area contributed by atoms with Crippen molar-refractivity contribution in [1.82, 2.24) is 29.7 Å². The Morgan fingerprint density at radius 2 is 1.43 bits per heavy atom. The van der Waals surface area contributed by atoms with Crippen molar-refractivity contribution >= 4 is 23.5 Å². The molecule has 2 atom stereocenters. The van der Waals surface area contributed by atoms with E-state index < -0.39 is 11.2 Å². The van der Waals surface area contributed by atoms with Crippen molar-refractivity contribution in [3.8, 4) is 38.0 Å². The number of imidazole rings is 2. The summed E-state index contributed by atoms with van der Waals surface area (Å²) < 4.78 is 17.5. The van der Waals surface area contributed by atoms with Crippen LogP contribution in [0.15, 0.2) is 36.7 Å². The molecule has 2 N–H and O–H groups in total. The van der Waals surface area contributed by atoms with E-state index in [1.807, 2.05) is 53.9 Å². The lowest BCUT2D eigenvalue weighted by molar-refractivity contribution is 0.0208. The van der Waals surface area contributed by atoms with Gasteiger partial charge in [0, 0.05) is 34.7 Å². The fourth-order valence-corrected chi connectivity index (χ4v) is 7.68. The summed E-state index contributed by atoms with van der Waals surface area (Å²) in [7, 11) is 0. The van der Waals surface area contributed by atoms with E-state index in [-0.39, 0.29) is 24.3 Å². The molecule has 0 aliphatic carbocycles. The fourth-order valence-electron chi connectivity index (χ4n) is 6.51. The molecule has 47 heavy (non-hydrogen) atoms. The number of aromatic nitrogens is 4. The van der Waals surface area contributed by atoms with Crippen LogP contribution in [0.25, 0.3) is 32.3 Å². The number of ether oxygens (including phenoxy) is 3. The zero-order valence-corrected chi connectivity index (χ0v) is 28.6. The lowest BCUT2D eigenvalue weighted by Crippen LogP contribution is -2.36. The number of nitrogens with zero attached hydrogens (tertiary/aromatic N) is 4. The van der Waals surface area contributed by atoms with Gasteiger partial charge in [-0.3, -0.25) is 9.80 Å². The van der Waals surface area contributed by atoms with Crippen molar-refractivity contribution in [2.75, 3.05) is 13.1 Å². The van der Waals surface area contributed by atoms with Gasteiger partial charge in [-0.25, -0.2) is 19.6 Å². The largest absolute Gasteiger partial charge is 0.488 e. The molecule has 12 heteroatoms. The summed E-state index contributed by atoms with van der Waals surface area (Å²) in [6.07, 6.45) is 6.57. The molecular weight excluding hydrogens is 616 g/mol. The molecule has 11 nitrogen and oxygen atoms in total. The van der Waals surface area contributed by atoms with Crippen LogP contribution in [0.3, 0.4) is 0 Å². The summed E-state index contributed by atoms with van der Waals surface area (Å²) in [6, 6.07) is 8.11. The van der Waals surface area contributed by atoms with Gasteiger partial charge >= 0.3 is 12.2 Å². The van der Waals surface area contributed by atoms with E-state index >= 15 is 0 Å². The molecule has 2 fully saturated rings. The Labute approximate surface area is 278 Å². The minimum absolute atomic E-state index is 0.132. The van der Waals surface area contributed by atoms with Crippen LogP contribution in [0.5, 0.6) is 5.75 Å². The van der Waals surface area contributed by atoms with E-state index in [0.29, 0.717) is 19.7 Å². The van der Waals surface area contributed by atoms with E-state index in [2.05, 4.69) is 39.2 Å². The van der Waals surface area contributed by atoms with E-state index in [1.165, 1.54) is 4.88 Å². The highest BCUT2D eigenvalue weighted by Gasteiger charge is 2.36. The third kappa shape index (κ3) is 6.35. The predicted octanol–water partition coefficient (Wildman–Crippen LogP) is 8.23. The van der Waals surface area contributed by atoms with Gasteiger partial charge in [-0.05, 0) is 85.4 Å². The summed E-state index contributed by atoms with van der Waals surface area (Å²) in [5, 5.41) is 0. The lowest BCUT2D eigenvalue weighted by Gasteiger charge is -2.27. The number of carbonyl (C=O) groups is 2. The van der Waals surface area contributed by atoms with Crippen molar-refractivity contribution in [3.63, 3.8) is 0 Å². The Balaban J connectivity index is 1.08. The number of carbonyl (C=O) groups excluding carboxylic acids is 2. The number of aromatic amines is 2. The van der Waals surface area contributed by atoms with E-state index in [0.717, 1.165) is 76.0 Å². The average molecular weight is 659 g/mol. The van der Waals surface area contributed by atoms with Gasteiger partial charge in [0.05, 0.1) is 40.7 Å². The van der Waals surface area contributed by atoms with Gasteiger partial charge in [-0.15, -0.1) is 11.3 Å². The first kappa shape index (κ1) is 31.3. The highest BCUT2D eigenvalue weighted by molar-refractivity contribution is 7.19. The minimum Gasteiger partial charge on any atom is -0.488 e. The van der Waals surface area contributed by atoms with Crippen molar-refractivity contribution in [3.05, 3.63) is 53.9 Å². The maximum absolute atomic E-state index is 12.9. The minimum atomic E-state index is -0.549. The standard InChI is InChI=1S/C35H42N6O5S/c1-34(2,3)45-32(42)40-13-7-9-25(40)30-36-17-23(38-30)20-11-12-22-27(15-20)44-19-21-16-28(47-29(21)22)24-18-37-31(39-24)26-10-8-14-41(26)33(43)46-35(4,5)6/h11-12,15-18,25-26H,7-10,13-14,19H2,1-6H3,(H,36,38)(H,37,39)/t25-,26-/m0/s1. The molecular formula is C35H42N6O5S. The molecule has 7 rings (SSSR count). The quantitative estimate of drug-likeness (QED) is 0.226. The van der Waals surface area contributed by atoms with Crippen molar-refractivity contribution < 1.29 is 23.8 Å². The number of nitrogens with one attached hydrogen (secondary N) is 2. The summed E-state index contributed by atoms with van der Waals surface area (Å²) in [5.74, 6) is 2.36. The third-order valence-electron chi connectivity index (χ3n) is 8.58. The molecule has 0 unspecified atom stereocenters. The first-order chi connectivity index (χ1) is 22.3. The molecule has 0 saturated carbocycles. The summed E-state index contributed by atoms with van der Waals surface area (Å²) in [4.78, 5) is 47.8. The topological polar surface area (TPSA) is 126 Å². The third-order valence-corrected chi connectivity index (χ3v) is 9.82. The zero-order valence-electron chi connectivity index (χ0n) is 27.8. The van der Waals surface area contributed by atoms with E-state index in [9.17, 15) is 9.59 Å². The second-order valence-corrected chi connectivity index (χ2v) is 15.5. The molecule has 3 aliphatic rings. The second kappa shape index (κ2) is 11.7. The molecule has 2 amide bonds. The Hall–Kier alpha value is -4.32. The van der Waals surface area contributed by atoms with Gasteiger partial charge in [0.25, 0.3) is 0 Å².